The summed E-state index contributed by atoms with van der Waals surface area (Å²) in [6.07, 6.45) is 0. The van der Waals surface area contributed by atoms with Gasteiger partial charge in [0.05, 0.1) is 35.3 Å². The summed E-state index contributed by atoms with van der Waals surface area (Å²) in [5.74, 6) is -1.66. The second kappa shape index (κ2) is 10.5. The zero-order valence-electron chi connectivity index (χ0n) is 20.7. The standard InChI is InChI=1S/C23H27ClN4O6S2/c1-7-33-13-10-11(9-12(24)17(13)34-8-2)14(15-18(29)25(3)22(35)26(4)19(15)30)16-20(31)27(5)23(36)28(6)21(16)32/h9-10,14,29,31H,7-8H2,1-6H3. The molecule has 2 aromatic heterocycles. The first-order valence-electron chi connectivity index (χ1n) is 11.0. The van der Waals surface area contributed by atoms with Gasteiger partial charge in [0.25, 0.3) is 11.1 Å². The molecule has 0 radical (unpaired) electrons. The molecule has 0 unspecified atom stereocenters. The van der Waals surface area contributed by atoms with Crippen LogP contribution < -0.4 is 20.6 Å². The van der Waals surface area contributed by atoms with Crippen molar-refractivity contribution in [1.29, 1.82) is 0 Å². The van der Waals surface area contributed by atoms with Crippen molar-refractivity contribution in [2.24, 2.45) is 28.2 Å². The zero-order chi connectivity index (χ0) is 27.1. The van der Waals surface area contributed by atoms with E-state index in [0.717, 1.165) is 0 Å². The van der Waals surface area contributed by atoms with E-state index in [2.05, 4.69) is 0 Å². The molecule has 0 saturated carbocycles. The average Bonchev–Trinajstić information content (AvgIpc) is 2.85. The number of ether oxygens (including phenoxy) is 2. The van der Waals surface area contributed by atoms with Crippen molar-refractivity contribution in [3.63, 3.8) is 0 Å². The fourth-order valence-corrected chi connectivity index (χ4v) is 4.62. The summed E-state index contributed by atoms with van der Waals surface area (Å²) in [6.45, 7) is 4.17. The van der Waals surface area contributed by atoms with Crippen molar-refractivity contribution in [3.8, 4) is 23.3 Å². The molecule has 0 aliphatic carbocycles. The van der Waals surface area contributed by atoms with Crippen LogP contribution in [0.2, 0.25) is 5.02 Å². The smallest absolute Gasteiger partial charge is 0.262 e. The molecule has 0 aliphatic rings. The van der Waals surface area contributed by atoms with Crippen molar-refractivity contribution in [1.82, 2.24) is 18.3 Å². The van der Waals surface area contributed by atoms with Crippen LogP contribution in [0.5, 0.6) is 23.3 Å². The topological polar surface area (TPSA) is 113 Å². The summed E-state index contributed by atoms with van der Waals surface area (Å²) in [7, 11) is 5.87. The number of nitrogens with zero attached hydrogens (tertiary/aromatic N) is 4. The first-order chi connectivity index (χ1) is 16.9. The van der Waals surface area contributed by atoms with Crippen LogP contribution in [0.4, 0.5) is 0 Å². The molecule has 0 aliphatic heterocycles. The minimum absolute atomic E-state index is 0.0586. The van der Waals surface area contributed by atoms with Gasteiger partial charge >= 0.3 is 0 Å². The van der Waals surface area contributed by atoms with Gasteiger partial charge in [-0.2, -0.15) is 0 Å². The maximum atomic E-state index is 13.5. The quantitative estimate of drug-likeness (QED) is 0.428. The Morgan fingerprint density at radius 3 is 1.69 bits per heavy atom. The average molecular weight is 555 g/mol. The third kappa shape index (κ3) is 4.44. The Balaban J connectivity index is 2.59. The van der Waals surface area contributed by atoms with Gasteiger partial charge in [0, 0.05) is 28.2 Å². The lowest BCUT2D eigenvalue weighted by Gasteiger charge is -2.24. The van der Waals surface area contributed by atoms with E-state index in [9.17, 15) is 19.8 Å². The highest BCUT2D eigenvalue weighted by atomic mass is 35.5. The molecule has 3 rings (SSSR count). The summed E-state index contributed by atoms with van der Waals surface area (Å²) in [5, 5.41) is 22.4. The predicted molar refractivity (Wildman–Crippen MR) is 141 cm³/mol. The van der Waals surface area contributed by atoms with Gasteiger partial charge in [-0.1, -0.05) is 11.6 Å². The summed E-state index contributed by atoms with van der Waals surface area (Å²) < 4.78 is 16.3. The lowest BCUT2D eigenvalue weighted by Crippen LogP contribution is -2.33. The van der Waals surface area contributed by atoms with Crippen molar-refractivity contribution in [3.05, 3.63) is 64.1 Å². The summed E-state index contributed by atoms with van der Waals surface area (Å²) in [4.78, 5) is 27.0. The monoisotopic (exact) mass is 554 g/mol. The van der Waals surface area contributed by atoms with Crippen LogP contribution in [0.3, 0.4) is 0 Å². The van der Waals surface area contributed by atoms with Gasteiger partial charge in [-0.05, 0) is 56.0 Å². The molecule has 10 nitrogen and oxygen atoms in total. The molecule has 0 atom stereocenters. The number of rotatable bonds is 7. The van der Waals surface area contributed by atoms with E-state index in [1.165, 1.54) is 52.5 Å². The van der Waals surface area contributed by atoms with Crippen LogP contribution in [0.1, 0.15) is 36.5 Å². The Morgan fingerprint density at radius 1 is 0.833 bits per heavy atom. The van der Waals surface area contributed by atoms with E-state index in [-0.39, 0.29) is 43.8 Å². The number of halogens is 1. The molecule has 0 spiro atoms. The molecular weight excluding hydrogens is 528 g/mol. The minimum Gasteiger partial charge on any atom is -0.494 e. The third-order valence-corrected chi connectivity index (χ3v) is 7.24. The molecule has 0 fully saturated rings. The highest BCUT2D eigenvalue weighted by Gasteiger charge is 2.33. The van der Waals surface area contributed by atoms with Gasteiger partial charge in [-0.3, -0.25) is 27.9 Å². The van der Waals surface area contributed by atoms with Gasteiger partial charge in [-0.15, -0.1) is 0 Å². The second-order valence-electron chi connectivity index (χ2n) is 8.02. The van der Waals surface area contributed by atoms with Gasteiger partial charge in [-0.25, -0.2) is 0 Å². The van der Waals surface area contributed by atoms with Crippen molar-refractivity contribution in [2.75, 3.05) is 13.2 Å². The number of aromatic nitrogens is 4. The van der Waals surface area contributed by atoms with Crippen LogP contribution in [0.25, 0.3) is 0 Å². The zero-order valence-corrected chi connectivity index (χ0v) is 23.0. The highest BCUT2D eigenvalue weighted by Crippen LogP contribution is 2.43. The first kappa shape index (κ1) is 27.5. The van der Waals surface area contributed by atoms with Crippen molar-refractivity contribution in [2.45, 2.75) is 19.8 Å². The fourth-order valence-electron chi connectivity index (χ4n) is 4.00. The Labute approximate surface area is 222 Å². The minimum atomic E-state index is -1.28. The summed E-state index contributed by atoms with van der Waals surface area (Å²) in [6, 6.07) is 3.06. The molecular formula is C23H27ClN4O6S2. The number of hydrogen-bond donors (Lipinski definition) is 2. The Kier molecular flexibility index (Phi) is 8.01. The largest absolute Gasteiger partial charge is 0.494 e. The van der Waals surface area contributed by atoms with Crippen LogP contribution in [-0.2, 0) is 28.2 Å². The molecule has 194 valence electrons. The molecule has 0 amide bonds. The van der Waals surface area contributed by atoms with E-state index >= 15 is 0 Å². The maximum Gasteiger partial charge on any atom is 0.262 e. The second-order valence-corrected chi connectivity index (χ2v) is 9.15. The first-order valence-corrected chi connectivity index (χ1v) is 12.1. The fraction of sp³-hybridized carbons (Fsp3) is 0.391. The molecule has 2 N–H and O–H groups in total. The van der Waals surface area contributed by atoms with Gasteiger partial charge < -0.3 is 19.7 Å². The van der Waals surface area contributed by atoms with Crippen LogP contribution in [0, 0.1) is 9.54 Å². The number of aromatic hydroxyl groups is 2. The van der Waals surface area contributed by atoms with E-state index in [0.29, 0.717) is 12.2 Å². The van der Waals surface area contributed by atoms with Crippen molar-refractivity contribution >= 4 is 36.0 Å². The molecule has 36 heavy (non-hydrogen) atoms. The molecule has 2 heterocycles. The third-order valence-electron chi connectivity index (χ3n) is 5.87. The molecule has 0 bridgehead atoms. The predicted octanol–water partition coefficient (Wildman–Crippen LogP) is 3.26. The van der Waals surface area contributed by atoms with E-state index in [1.807, 2.05) is 0 Å². The number of benzene rings is 1. The van der Waals surface area contributed by atoms with Crippen LogP contribution in [0.15, 0.2) is 21.7 Å². The lowest BCUT2D eigenvalue weighted by molar-refractivity contribution is 0.287. The van der Waals surface area contributed by atoms with Crippen LogP contribution >= 0.6 is 36.0 Å². The molecule has 3 aromatic rings. The molecule has 1 aromatic carbocycles. The van der Waals surface area contributed by atoms with Crippen LogP contribution in [-0.4, -0.2) is 41.7 Å². The highest BCUT2D eigenvalue weighted by molar-refractivity contribution is 7.71. The maximum absolute atomic E-state index is 13.5. The van der Waals surface area contributed by atoms with E-state index < -0.39 is 28.8 Å². The Bertz CT molecular complexity index is 1500. The van der Waals surface area contributed by atoms with Gasteiger partial charge in [0.15, 0.2) is 21.0 Å². The Morgan fingerprint density at radius 2 is 1.28 bits per heavy atom. The molecule has 0 saturated heterocycles. The normalized spacial score (nSPS) is 11.2. The van der Waals surface area contributed by atoms with E-state index in [4.69, 9.17) is 45.5 Å². The molecule has 13 heteroatoms. The van der Waals surface area contributed by atoms with Crippen molar-refractivity contribution < 1.29 is 19.7 Å². The van der Waals surface area contributed by atoms with E-state index in [1.54, 1.807) is 19.9 Å². The van der Waals surface area contributed by atoms with Gasteiger partial charge in [0.2, 0.25) is 11.8 Å². The Hall–Kier alpha value is -3.09. The summed E-state index contributed by atoms with van der Waals surface area (Å²) >= 11 is 17.1. The lowest BCUT2D eigenvalue weighted by atomic mass is 9.86. The summed E-state index contributed by atoms with van der Waals surface area (Å²) in [5.41, 5.74) is -1.41. The van der Waals surface area contributed by atoms with Gasteiger partial charge in [0.1, 0.15) is 0 Å². The number of hydrogen-bond acceptors (Lipinski definition) is 8. The SMILES string of the molecule is CCOc1cc(C(c2c(O)n(C)c(=S)n(C)c2=O)c2c(O)n(C)c(=S)n(C)c2=O)cc(Cl)c1OCC.